The molecule has 1 aromatic carbocycles. The van der Waals surface area contributed by atoms with E-state index in [0.29, 0.717) is 5.92 Å². The molecule has 0 bridgehead atoms. The predicted octanol–water partition coefficient (Wildman–Crippen LogP) is 1.82. The van der Waals surface area contributed by atoms with Crippen LogP contribution in [-0.4, -0.2) is 35.6 Å². The maximum absolute atomic E-state index is 12.5. The molecule has 0 radical (unpaired) electrons. The predicted molar refractivity (Wildman–Crippen MR) is 74.8 cm³/mol. The van der Waals surface area contributed by atoms with Crippen LogP contribution in [0.1, 0.15) is 34.8 Å². The average Bonchev–Trinajstić information content (AvgIpc) is 2.84. The van der Waals surface area contributed by atoms with Crippen LogP contribution in [0.3, 0.4) is 0 Å². The van der Waals surface area contributed by atoms with Crippen LogP contribution < -0.4 is 0 Å². The molecule has 0 spiro atoms. The topological polar surface area (TPSA) is 40.5 Å². The molecule has 0 aliphatic carbocycles. The fourth-order valence-electron chi connectivity index (χ4n) is 2.36. The summed E-state index contributed by atoms with van der Waals surface area (Å²) in [5.41, 5.74) is 2.47. The molecule has 0 aromatic heterocycles. The summed E-state index contributed by atoms with van der Waals surface area (Å²) in [6.45, 7) is 5.62. The van der Waals surface area contributed by atoms with Gasteiger partial charge in [0.15, 0.2) is 0 Å². The van der Waals surface area contributed by atoms with E-state index >= 15 is 0 Å². The molecule has 0 saturated carbocycles. The summed E-state index contributed by atoms with van der Waals surface area (Å²) >= 11 is 0. The largest absolute Gasteiger partial charge is 0.384 e. The molecule has 1 heterocycles. The lowest BCUT2D eigenvalue weighted by molar-refractivity contribution is 0.0787. The van der Waals surface area contributed by atoms with Gasteiger partial charge in [0.1, 0.15) is 6.61 Å². The number of hydrogen-bond acceptors (Lipinski definition) is 2. The van der Waals surface area contributed by atoms with Crippen LogP contribution in [0.5, 0.6) is 0 Å². The molecule has 1 unspecified atom stereocenters. The van der Waals surface area contributed by atoms with Crippen LogP contribution >= 0.6 is 0 Å². The van der Waals surface area contributed by atoms with E-state index in [-0.39, 0.29) is 12.5 Å². The number of likely N-dealkylation sites (tertiary alicyclic amines) is 1. The molecule has 1 amide bonds. The monoisotopic (exact) mass is 257 g/mol. The van der Waals surface area contributed by atoms with Gasteiger partial charge in [-0.25, -0.2) is 0 Å². The number of aryl methyl sites for hydroxylation is 1. The molecule has 1 aliphatic rings. The zero-order chi connectivity index (χ0) is 13.8. The van der Waals surface area contributed by atoms with Crippen LogP contribution in [-0.2, 0) is 0 Å². The Kier molecular flexibility index (Phi) is 4.24. The molecule has 100 valence electrons. The zero-order valence-electron chi connectivity index (χ0n) is 11.4. The van der Waals surface area contributed by atoms with Crippen molar-refractivity contribution >= 4 is 5.91 Å². The number of carbonyl (C=O) groups excluding carboxylic acids is 1. The number of amides is 1. The lowest BCUT2D eigenvalue weighted by Gasteiger charge is -2.17. The van der Waals surface area contributed by atoms with E-state index in [0.717, 1.165) is 36.2 Å². The molecule has 3 heteroatoms. The molecule has 19 heavy (non-hydrogen) atoms. The molecule has 2 rings (SSSR count). The van der Waals surface area contributed by atoms with Crippen LogP contribution in [0.2, 0.25) is 0 Å². The Bertz CT molecular complexity index is 539. The minimum absolute atomic E-state index is 0.0921. The van der Waals surface area contributed by atoms with Gasteiger partial charge in [0.25, 0.3) is 5.91 Å². The van der Waals surface area contributed by atoms with Gasteiger partial charge in [0.2, 0.25) is 0 Å². The average molecular weight is 257 g/mol. The Morgan fingerprint density at radius 3 is 2.95 bits per heavy atom. The van der Waals surface area contributed by atoms with Gasteiger partial charge in [-0.05, 0) is 37.0 Å². The Hall–Kier alpha value is -1.79. The van der Waals surface area contributed by atoms with Crippen molar-refractivity contribution in [2.75, 3.05) is 19.7 Å². The zero-order valence-corrected chi connectivity index (χ0v) is 11.4. The van der Waals surface area contributed by atoms with E-state index in [9.17, 15) is 4.79 Å². The second-order valence-corrected chi connectivity index (χ2v) is 5.13. The lowest BCUT2D eigenvalue weighted by Crippen LogP contribution is -2.29. The summed E-state index contributed by atoms with van der Waals surface area (Å²) in [5.74, 6) is 6.13. The van der Waals surface area contributed by atoms with Crippen molar-refractivity contribution in [2.24, 2.45) is 5.92 Å². The van der Waals surface area contributed by atoms with Gasteiger partial charge >= 0.3 is 0 Å². The first-order chi connectivity index (χ1) is 9.11. The highest BCUT2D eigenvalue weighted by Crippen LogP contribution is 2.20. The highest BCUT2D eigenvalue weighted by Gasteiger charge is 2.25. The molecule has 1 atom stereocenters. The normalized spacial score (nSPS) is 18.1. The first kappa shape index (κ1) is 13.6. The van der Waals surface area contributed by atoms with Crippen molar-refractivity contribution in [3.8, 4) is 11.8 Å². The smallest absolute Gasteiger partial charge is 0.254 e. The summed E-state index contributed by atoms with van der Waals surface area (Å²) in [6.07, 6.45) is 1.08. The van der Waals surface area contributed by atoms with Crippen LogP contribution in [0.25, 0.3) is 0 Å². The van der Waals surface area contributed by atoms with E-state index in [1.165, 1.54) is 0 Å². The van der Waals surface area contributed by atoms with Crippen molar-refractivity contribution in [2.45, 2.75) is 20.3 Å². The Morgan fingerprint density at radius 1 is 1.53 bits per heavy atom. The van der Waals surface area contributed by atoms with E-state index in [4.69, 9.17) is 5.11 Å². The van der Waals surface area contributed by atoms with Crippen molar-refractivity contribution in [3.05, 3.63) is 34.9 Å². The van der Waals surface area contributed by atoms with Gasteiger partial charge in [-0.3, -0.25) is 4.79 Å². The molecule has 1 aliphatic heterocycles. The summed E-state index contributed by atoms with van der Waals surface area (Å²) in [4.78, 5) is 14.4. The molecule has 1 fully saturated rings. The SMILES string of the molecule is Cc1ccc(C#CCO)cc1C(=O)N1CCC(C)C1. The summed E-state index contributed by atoms with van der Waals surface area (Å²) < 4.78 is 0. The third-order valence-electron chi connectivity index (χ3n) is 3.49. The van der Waals surface area contributed by atoms with Crippen LogP contribution in [0, 0.1) is 24.7 Å². The quantitative estimate of drug-likeness (QED) is 0.780. The Morgan fingerprint density at radius 2 is 2.32 bits per heavy atom. The number of aliphatic hydroxyl groups is 1. The van der Waals surface area contributed by atoms with Gasteiger partial charge in [0, 0.05) is 24.2 Å². The lowest BCUT2D eigenvalue weighted by atomic mass is 10.0. The van der Waals surface area contributed by atoms with Crippen molar-refractivity contribution < 1.29 is 9.90 Å². The van der Waals surface area contributed by atoms with E-state index < -0.39 is 0 Å². The maximum Gasteiger partial charge on any atom is 0.254 e. The molecular formula is C16H19NO2. The third-order valence-corrected chi connectivity index (χ3v) is 3.49. The van der Waals surface area contributed by atoms with Gasteiger partial charge in [-0.1, -0.05) is 24.8 Å². The second-order valence-electron chi connectivity index (χ2n) is 5.13. The second kappa shape index (κ2) is 5.90. The fraction of sp³-hybridized carbons (Fsp3) is 0.438. The maximum atomic E-state index is 12.5. The van der Waals surface area contributed by atoms with Gasteiger partial charge in [-0.2, -0.15) is 0 Å². The summed E-state index contributed by atoms with van der Waals surface area (Å²) in [5, 5.41) is 8.71. The van der Waals surface area contributed by atoms with Crippen molar-refractivity contribution in [1.29, 1.82) is 0 Å². The number of rotatable bonds is 1. The first-order valence-electron chi connectivity index (χ1n) is 6.61. The van der Waals surface area contributed by atoms with E-state index in [2.05, 4.69) is 18.8 Å². The fourth-order valence-corrected chi connectivity index (χ4v) is 2.36. The number of nitrogens with zero attached hydrogens (tertiary/aromatic N) is 1. The Labute approximate surface area is 114 Å². The number of hydrogen-bond donors (Lipinski definition) is 1. The third kappa shape index (κ3) is 3.15. The molecular weight excluding hydrogens is 238 g/mol. The molecule has 3 nitrogen and oxygen atoms in total. The first-order valence-corrected chi connectivity index (χ1v) is 6.61. The van der Waals surface area contributed by atoms with Crippen molar-refractivity contribution in [3.63, 3.8) is 0 Å². The minimum Gasteiger partial charge on any atom is -0.384 e. The van der Waals surface area contributed by atoms with E-state index in [1.807, 2.05) is 30.0 Å². The highest BCUT2D eigenvalue weighted by molar-refractivity contribution is 5.96. The van der Waals surface area contributed by atoms with Gasteiger partial charge in [-0.15, -0.1) is 0 Å². The number of benzene rings is 1. The summed E-state index contributed by atoms with van der Waals surface area (Å²) in [7, 11) is 0. The van der Waals surface area contributed by atoms with Crippen LogP contribution in [0.15, 0.2) is 18.2 Å². The van der Waals surface area contributed by atoms with Gasteiger partial charge in [0.05, 0.1) is 0 Å². The minimum atomic E-state index is -0.166. The summed E-state index contributed by atoms with van der Waals surface area (Å²) in [6, 6.07) is 5.61. The number of carbonyl (C=O) groups is 1. The van der Waals surface area contributed by atoms with Crippen LogP contribution in [0.4, 0.5) is 0 Å². The highest BCUT2D eigenvalue weighted by atomic mass is 16.2. The van der Waals surface area contributed by atoms with Crippen molar-refractivity contribution in [1.82, 2.24) is 4.90 Å². The molecule has 1 aromatic rings. The molecule has 1 N–H and O–H groups in total. The van der Waals surface area contributed by atoms with Gasteiger partial charge < -0.3 is 10.0 Å². The molecule has 1 saturated heterocycles. The standard InChI is InChI=1S/C16H19NO2/c1-12-7-8-17(11-12)16(19)15-10-14(4-3-9-18)6-5-13(15)2/h5-6,10,12,18H,7-9,11H2,1-2H3. The number of aliphatic hydroxyl groups excluding tert-OH is 1. The Balaban J connectivity index is 2.25. The van der Waals surface area contributed by atoms with E-state index in [1.54, 1.807) is 0 Å².